The van der Waals surface area contributed by atoms with Crippen LogP contribution in [0.3, 0.4) is 0 Å². The van der Waals surface area contributed by atoms with Gasteiger partial charge in [-0.25, -0.2) is 4.79 Å². The number of nitrogens with one attached hydrogen (secondary N) is 1. The average molecular weight is 290 g/mol. The van der Waals surface area contributed by atoms with Crippen LogP contribution in [-0.2, 0) is 11.2 Å². The maximum absolute atomic E-state index is 12.6. The Balaban J connectivity index is 2.10. The lowest BCUT2D eigenvalue weighted by atomic mass is 9.94. The van der Waals surface area contributed by atoms with Crippen molar-refractivity contribution < 1.29 is 9.53 Å². The monoisotopic (exact) mass is 290 g/mol. The van der Waals surface area contributed by atoms with Gasteiger partial charge >= 0.3 is 6.03 Å². The summed E-state index contributed by atoms with van der Waals surface area (Å²) in [6.45, 7) is 7.29. The van der Waals surface area contributed by atoms with E-state index in [4.69, 9.17) is 4.74 Å². The van der Waals surface area contributed by atoms with E-state index in [2.05, 4.69) is 18.3 Å². The van der Waals surface area contributed by atoms with Crippen LogP contribution in [0, 0.1) is 0 Å². The van der Waals surface area contributed by atoms with Crippen LogP contribution in [0.15, 0.2) is 24.3 Å². The Morgan fingerprint density at radius 3 is 2.90 bits per heavy atom. The van der Waals surface area contributed by atoms with Crippen molar-refractivity contribution in [3.63, 3.8) is 0 Å². The van der Waals surface area contributed by atoms with Gasteiger partial charge in [-0.05, 0) is 44.7 Å². The summed E-state index contributed by atoms with van der Waals surface area (Å²) in [6.07, 6.45) is 3.09. The molecule has 116 valence electrons. The third kappa shape index (κ3) is 3.76. The molecule has 2 rings (SSSR count). The molecule has 2 amide bonds. The number of hydrogen-bond acceptors (Lipinski definition) is 2. The molecule has 0 aliphatic carbocycles. The van der Waals surface area contributed by atoms with Crippen LogP contribution in [0.1, 0.15) is 39.2 Å². The molecular formula is C17H26N2O2. The highest BCUT2D eigenvalue weighted by molar-refractivity contribution is 5.94. The number of nitrogens with zero attached hydrogens (tertiary/aromatic N) is 1. The molecule has 1 aromatic rings. The quantitative estimate of drug-likeness (QED) is 0.903. The predicted molar refractivity (Wildman–Crippen MR) is 85.8 cm³/mol. The molecule has 0 unspecified atom stereocenters. The molecule has 0 spiro atoms. The average Bonchev–Trinajstić information content (AvgIpc) is 2.51. The van der Waals surface area contributed by atoms with Gasteiger partial charge in [0.1, 0.15) is 0 Å². The fraction of sp³-hybridized carbons (Fsp3) is 0.588. The number of amides is 2. The van der Waals surface area contributed by atoms with Gasteiger partial charge in [-0.2, -0.15) is 0 Å². The number of fused-ring (bicyclic) bond motifs is 1. The molecule has 0 saturated heterocycles. The second-order valence-electron chi connectivity index (χ2n) is 5.55. The van der Waals surface area contributed by atoms with Gasteiger partial charge < -0.3 is 10.1 Å². The molecule has 1 N–H and O–H groups in total. The highest BCUT2D eigenvalue weighted by Crippen LogP contribution is 2.31. The Bertz CT molecular complexity index is 476. The number of para-hydroxylation sites is 1. The van der Waals surface area contributed by atoms with Crippen LogP contribution in [0.4, 0.5) is 10.5 Å². The fourth-order valence-electron chi connectivity index (χ4n) is 2.93. The number of carbonyl (C=O) groups excluding carboxylic acids is 1. The normalized spacial score (nSPS) is 19.0. The number of anilines is 1. The number of hydrogen-bond donors (Lipinski definition) is 1. The van der Waals surface area contributed by atoms with Crippen molar-refractivity contribution in [1.29, 1.82) is 0 Å². The van der Waals surface area contributed by atoms with Gasteiger partial charge in [-0.3, -0.25) is 4.90 Å². The Labute approximate surface area is 127 Å². The van der Waals surface area contributed by atoms with Crippen LogP contribution >= 0.6 is 0 Å². The molecule has 0 bridgehead atoms. The van der Waals surface area contributed by atoms with Crippen LogP contribution in [-0.4, -0.2) is 31.3 Å². The Kier molecular flexibility index (Phi) is 5.62. The number of ether oxygens (including phenoxy) is 1. The Morgan fingerprint density at radius 2 is 2.19 bits per heavy atom. The summed E-state index contributed by atoms with van der Waals surface area (Å²) >= 11 is 0. The van der Waals surface area contributed by atoms with E-state index >= 15 is 0 Å². The van der Waals surface area contributed by atoms with E-state index in [9.17, 15) is 4.79 Å². The van der Waals surface area contributed by atoms with Crippen molar-refractivity contribution in [1.82, 2.24) is 5.32 Å². The number of rotatable bonds is 5. The summed E-state index contributed by atoms with van der Waals surface area (Å²) in [5, 5.41) is 3.00. The highest BCUT2D eigenvalue weighted by Gasteiger charge is 2.29. The first-order valence-electron chi connectivity index (χ1n) is 7.93. The lowest BCUT2D eigenvalue weighted by molar-refractivity contribution is 0.0777. The SMILES string of the molecule is CCO[C@H](C)CNC(=O)N1c2ccccc2CC[C@H]1CC. The number of aryl methyl sites for hydroxylation is 1. The first kappa shape index (κ1) is 15.8. The summed E-state index contributed by atoms with van der Waals surface area (Å²) in [5.74, 6) is 0. The zero-order valence-electron chi connectivity index (χ0n) is 13.3. The summed E-state index contributed by atoms with van der Waals surface area (Å²) in [7, 11) is 0. The van der Waals surface area contributed by atoms with Crippen molar-refractivity contribution in [3.05, 3.63) is 29.8 Å². The van der Waals surface area contributed by atoms with Gasteiger partial charge in [0.15, 0.2) is 0 Å². The smallest absolute Gasteiger partial charge is 0.322 e. The second kappa shape index (κ2) is 7.46. The zero-order chi connectivity index (χ0) is 15.2. The minimum absolute atomic E-state index is 0.0134. The summed E-state index contributed by atoms with van der Waals surface area (Å²) < 4.78 is 5.47. The lowest BCUT2D eigenvalue weighted by Crippen LogP contribution is -2.50. The van der Waals surface area contributed by atoms with Gasteiger partial charge in [0.05, 0.1) is 6.10 Å². The van der Waals surface area contributed by atoms with E-state index in [1.165, 1.54) is 5.56 Å². The van der Waals surface area contributed by atoms with Gasteiger partial charge in [-0.15, -0.1) is 0 Å². The van der Waals surface area contributed by atoms with Gasteiger partial charge in [-0.1, -0.05) is 25.1 Å². The van der Waals surface area contributed by atoms with Crippen molar-refractivity contribution in [2.75, 3.05) is 18.1 Å². The topological polar surface area (TPSA) is 41.6 Å². The van der Waals surface area contributed by atoms with Crippen molar-refractivity contribution in [3.8, 4) is 0 Å². The van der Waals surface area contributed by atoms with Crippen molar-refractivity contribution in [2.24, 2.45) is 0 Å². The van der Waals surface area contributed by atoms with E-state index in [1.54, 1.807) is 0 Å². The van der Waals surface area contributed by atoms with E-state index in [0.29, 0.717) is 13.2 Å². The fourth-order valence-corrected chi connectivity index (χ4v) is 2.93. The van der Waals surface area contributed by atoms with Gasteiger partial charge in [0.25, 0.3) is 0 Å². The molecule has 0 aromatic heterocycles. The summed E-state index contributed by atoms with van der Waals surface area (Å²) in [4.78, 5) is 14.5. The lowest BCUT2D eigenvalue weighted by Gasteiger charge is -2.37. The molecule has 0 radical (unpaired) electrons. The molecule has 1 aliphatic heterocycles. The second-order valence-corrected chi connectivity index (χ2v) is 5.55. The van der Waals surface area contributed by atoms with E-state index in [1.807, 2.05) is 36.9 Å². The summed E-state index contributed by atoms with van der Waals surface area (Å²) in [6, 6.07) is 8.47. The standard InChI is InChI=1S/C17H26N2O2/c1-4-15-11-10-14-8-6-7-9-16(14)19(15)17(20)18-12-13(3)21-5-2/h6-9,13,15H,4-5,10-12H2,1-3H3,(H,18,20)/t13-,15-/m1/s1. The molecule has 1 aromatic carbocycles. The van der Waals surface area contributed by atoms with E-state index in [-0.39, 0.29) is 18.2 Å². The van der Waals surface area contributed by atoms with Crippen LogP contribution in [0.2, 0.25) is 0 Å². The Morgan fingerprint density at radius 1 is 1.43 bits per heavy atom. The van der Waals surface area contributed by atoms with Gasteiger partial charge in [0.2, 0.25) is 0 Å². The third-order valence-electron chi connectivity index (χ3n) is 4.05. The maximum Gasteiger partial charge on any atom is 0.322 e. The maximum atomic E-state index is 12.6. The highest BCUT2D eigenvalue weighted by atomic mass is 16.5. The minimum Gasteiger partial charge on any atom is -0.377 e. The minimum atomic E-state index is -0.0134. The molecule has 21 heavy (non-hydrogen) atoms. The molecule has 1 heterocycles. The molecule has 0 saturated carbocycles. The molecule has 0 fully saturated rings. The Hall–Kier alpha value is -1.55. The van der Waals surface area contributed by atoms with Crippen molar-refractivity contribution >= 4 is 11.7 Å². The van der Waals surface area contributed by atoms with Crippen LogP contribution in [0.25, 0.3) is 0 Å². The predicted octanol–water partition coefficient (Wildman–Crippen LogP) is 3.35. The molecule has 1 aliphatic rings. The molecule has 2 atom stereocenters. The first-order chi connectivity index (χ1) is 10.2. The van der Waals surface area contributed by atoms with E-state index in [0.717, 1.165) is 24.9 Å². The van der Waals surface area contributed by atoms with E-state index < -0.39 is 0 Å². The van der Waals surface area contributed by atoms with Crippen molar-refractivity contribution in [2.45, 2.75) is 52.2 Å². The summed E-state index contributed by atoms with van der Waals surface area (Å²) in [5.41, 5.74) is 2.31. The number of urea groups is 1. The van der Waals surface area contributed by atoms with Gasteiger partial charge in [0, 0.05) is 24.9 Å². The molecule has 4 nitrogen and oxygen atoms in total. The third-order valence-corrected chi connectivity index (χ3v) is 4.05. The number of carbonyl (C=O) groups is 1. The number of benzene rings is 1. The molecular weight excluding hydrogens is 264 g/mol. The first-order valence-corrected chi connectivity index (χ1v) is 7.93. The largest absolute Gasteiger partial charge is 0.377 e. The van der Waals surface area contributed by atoms with Crippen LogP contribution in [0.5, 0.6) is 0 Å². The molecule has 4 heteroatoms. The zero-order valence-corrected chi connectivity index (χ0v) is 13.3. The van der Waals surface area contributed by atoms with Crippen LogP contribution < -0.4 is 10.2 Å².